The SMILES string of the molecule is C(#CC1(c2ccccc2)c2ccccc2-c2ccc(-c3ccccc3N(c3ccccc3)c3ccccc3-c3ccccc3)cc21)c1ccccc1. The van der Waals surface area contributed by atoms with Crippen LogP contribution in [0.1, 0.15) is 22.3 Å². The molecule has 8 aromatic rings. The molecule has 0 aromatic heterocycles. The second-order valence-electron chi connectivity index (χ2n) is 13.1. The summed E-state index contributed by atoms with van der Waals surface area (Å²) >= 11 is 0. The summed E-state index contributed by atoms with van der Waals surface area (Å²) in [6, 6.07) is 75.7. The monoisotopic (exact) mass is 661 g/mol. The van der Waals surface area contributed by atoms with Crippen LogP contribution in [0.4, 0.5) is 17.1 Å². The Bertz CT molecular complexity index is 2560. The van der Waals surface area contributed by atoms with E-state index in [0.29, 0.717) is 0 Å². The van der Waals surface area contributed by atoms with Crippen LogP contribution in [-0.4, -0.2) is 0 Å². The average molecular weight is 662 g/mol. The van der Waals surface area contributed by atoms with Crippen molar-refractivity contribution in [2.24, 2.45) is 0 Å². The molecule has 8 aromatic carbocycles. The Morgan fingerprint density at radius 2 is 0.865 bits per heavy atom. The predicted molar refractivity (Wildman–Crippen MR) is 217 cm³/mol. The van der Waals surface area contributed by atoms with Crippen LogP contribution in [0.2, 0.25) is 0 Å². The minimum Gasteiger partial charge on any atom is -0.309 e. The van der Waals surface area contributed by atoms with E-state index in [1.165, 1.54) is 33.4 Å². The Hall–Kier alpha value is -6.88. The van der Waals surface area contributed by atoms with E-state index in [4.69, 9.17) is 0 Å². The summed E-state index contributed by atoms with van der Waals surface area (Å²) in [5.41, 5.74) is 14.3. The number of fused-ring (bicyclic) bond motifs is 3. The lowest BCUT2D eigenvalue weighted by molar-refractivity contribution is 0.837. The van der Waals surface area contributed by atoms with Crippen molar-refractivity contribution in [1.82, 2.24) is 0 Å². The van der Waals surface area contributed by atoms with Crippen LogP contribution in [-0.2, 0) is 5.41 Å². The van der Waals surface area contributed by atoms with Gasteiger partial charge in [-0.2, -0.15) is 0 Å². The zero-order valence-electron chi connectivity index (χ0n) is 28.7. The zero-order chi connectivity index (χ0) is 34.7. The first-order chi connectivity index (χ1) is 25.8. The summed E-state index contributed by atoms with van der Waals surface area (Å²) in [5.74, 6) is 7.48. The lowest BCUT2D eigenvalue weighted by Crippen LogP contribution is -2.25. The van der Waals surface area contributed by atoms with Crippen LogP contribution in [0.5, 0.6) is 0 Å². The molecule has 1 heteroatoms. The highest BCUT2D eigenvalue weighted by atomic mass is 15.1. The van der Waals surface area contributed by atoms with Gasteiger partial charge in [0.2, 0.25) is 0 Å². The summed E-state index contributed by atoms with van der Waals surface area (Å²) in [5, 5.41) is 0. The molecule has 0 heterocycles. The maximum Gasteiger partial charge on any atom is 0.108 e. The van der Waals surface area contributed by atoms with E-state index in [1.54, 1.807) is 0 Å². The van der Waals surface area contributed by atoms with Gasteiger partial charge in [0.05, 0.1) is 11.4 Å². The van der Waals surface area contributed by atoms with Gasteiger partial charge in [0.1, 0.15) is 5.41 Å². The first-order valence-corrected chi connectivity index (χ1v) is 17.8. The molecule has 244 valence electrons. The molecule has 0 radical (unpaired) electrons. The van der Waals surface area contributed by atoms with Gasteiger partial charge in [0, 0.05) is 22.4 Å². The van der Waals surface area contributed by atoms with Crippen molar-refractivity contribution >= 4 is 17.1 Å². The summed E-state index contributed by atoms with van der Waals surface area (Å²) in [6.45, 7) is 0. The number of hydrogen-bond donors (Lipinski definition) is 0. The summed E-state index contributed by atoms with van der Waals surface area (Å²) in [6.07, 6.45) is 0. The van der Waals surface area contributed by atoms with Gasteiger partial charge < -0.3 is 4.90 Å². The molecule has 1 atom stereocenters. The molecule has 0 saturated carbocycles. The molecular weight excluding hydrogens is 627 g/mol. The highest BCUT2D eigenvalue weighted by molar-refractivity contribution is 5.95. The van der Waals surface area contributed by atoms with Crippen molar-refractivity contribution in [2.75, 3.05) is 4.90 Å². The molecule has 0 saturated heterocycles. The van der Waals surface area contributed by atoms with Crippen molar-refractivity contribution in [2.45, 2.75) is 5.41 Å². The van der Waals surface area contributed by atoms with Gasteiger partial charge in [-0.05, 0) is 81.4 Å². The second-order valence-corrected chi connectivity index (χ2v) is 13.1. The molecule has 1 nitrogen and oxygen atoms in total. The lowest BCUT2D eigenvalue weighted by atomic mass is 9.72. The van der Waals surface area contributed by atoms with Crippen molar-refractivity contribution in [3.8, 4) is 45.2 Å². The third-order valence-corrected chi connectivity index (χ3v) is 10.1. The first-order valence-electron chi connectivity index (χ1n) is 17.8. The van der Waals surface area contributed by atoms with Crippen LogP contribution in [0.15, 0.2) is 212 Å². The standard InChI is InChI=1S/C51H35N/c1-5-19-38(20-6-1)35-36-51(41-23-9-3-10-24-41)47-30-16-13-29-45(47)46-34-33-40(37-48(46)51)44-28-15-18-32-50(44)52(42-25-11-4-12-26-42)49-31-17-14-27-43(49)39-21-7-2-8-22-39/h1-34,37H. The van der Waals surface area contributed by atoms with Crippen LogP contribution < -0.4 is 4.90 Å². The van der Waals surface area contributed by atoms with Gasteiger partial charge in [-0.15, -0.1) is 0 Å². The van der Waals surface area contributed by atoms with Gasteiger partial charge in [-0.1, -0.05) is 182 Å². The van der Waals surface area contributed by atoms with E-state index >= 15 is 0 Å². The molecule has 0 fully saturated rings. The Balaban J connectivity index is 1.28. The smallest absolute Gasteiger partial charge is 0.108 e. The minimum absolute atomic E-state index is 0.660. The molecule has 1 aliphatic rings. The number of para-hydroxylation sites is 3. The molecule has 0 amide bonds. The predicted octanol–water partition coefficient (Wildman–Crippen LogP) is 12.9. The molecule has 0 aliphatic heterocycles. The van der Waals surface area contributed by atoms with Crippen LogP contribution in [0.25, 0.3) is 33.4 Å². The van der Waals surface area contributed by atoms with Gasteiger partial charge in [0.25, 0.3) is 0 Å². The van der Waals surface area contributed by atoms with Crippen molar-refractivity contribution in [1.29, 1.82) is 0 Å². The topological polar surface area (TPSA) is 3.24 Å². The van der Waals surface area contributed by atoms with Crippen molar-refractivity contribution < 1.29 is 0 Å². The Kier molecular flexibility index (Phi) is 8.05. The summed E-state index contributed by atoms with van der Waals surface area (Å²) in [4.78, 5) is 2.40. The van der Waals surface area contributed by atoms with Gasteiger partial charge in [-0.25, -0.2) is 0 Å². The minimum atomic E-state index is -0.660. The highest BCUT2D eigenvalue weighted by Gasteiger charge is 2.44. The Morgan fingerprint density at radius 1 is 0.365 bits per heavy atom. The van der Waals surface area contributed by atoms with Gasteiger partial charge >= 0.3 is 0 Å². The number of rotatable bonds is 6. The van der Waals surface area contributed by atoms with Gasteiger partial charge in [-0.3, -0.25) is 0 Å². The molecule has 0 spiro atoms. The third kappa shape index (κ3) is 5.39. The molecule has 0 N–H and O–H groups in total. The number of nitrogens with zero attached hydrogens (tertiary/aromatic N) is 1. The maximum absolute atomic E-state index is 3.87. The van der Waals surface area contributed by atoms with Gasteiger partial charge in [0.15, 0.2) is 0 Å². The number of anilines is 3. The van der Waals surface area contributed by atoms with E-state index in [0.717, 1.165) is 39.3 Å². The quantitative estimate of drug-likeness (QED) is 0.160. The van der Waals surface area contributed by atoms with E-state index in [1.807, 2.05) is 6.07 Å². The van der Waals surface area contributed by atoms with E-state index in [-0.39, 0.29) is 0 Å². The fraction of sp³-hybridized carbons (Fsp3) is 0.0196. The van der Waals surface area contributed by atoms with E-state index in [9.17, 15) is 0 Å². The molecule has 52 heavy (non-hydrogen) atoms. The maximum atomic E-state index is 3.87. The van der Waals surface area contributed by atoms with Crippen molar-refractivity contribution in [3.63, 3.8) is 0 Å². The fourth-order valence-corrected chi connectivity index (χ4v) is 7.77. The largest absolute Gasteiger partial charge is 0.309 e. The second kappa shape index (κ2) is 13.4. The van der Waals surface area contributed by atoms with Crippen LogP contribution >= 0.6 is 0 Å². The van der Waals surface area contributed by atoms with Crippen LogP contribution in [0.3, 0.4) is 0 Å². The summed E-state index contributed by atoms with van der Waals surface area (Å²) in [7, 11) is 0. The van der Waals surface area contributed by atoms with Crippen molar-refractivity contribution in [3.05, 3.63) is 235 Å². The van der Waals surface area contributed by atoms with E-state index < -0.39 is 5.41 Å². The molecule has 9 rings (SSSR count). The first kappa shape index (κ1) is 31.1. The molecule has 0 bridgehead atoms. The highest BCUT2D eigenvalue weighted by Crippen LogP contribution is 2.54. The molecular formula is C51H35N. The fourth-order valence-electron chi connectivity index (χ4n) is 7.77. The molecule has 1 aliphatic carbocycles. The average Bonchev–Trinajstić information content (AvgIpc) is 3.51. The van der Waals surface area contributed by atoms with E-state index in [2.05, 4.69) is 223 Å². The third-order valence-electron chi connectivity index (χ3n) is 10.1. The molecule has 1 unspecified atom stereocenters. The Labute approximate surface area is 306 Å². The Morgan fingerprint density at radius 3 is 1.54 bits per heavy atom. The van der Waals surface area contributed by atoms with Crippen LogP contribution in [0, 0.1) is 11.8 Å². The number of benzene rings is 8. The normalized spacial score (nSPS) is 14.1. The lowest BCUT2D eigenvalue weighted by Gasteiger charge is -2.30. The zero-order valence-corrected chi connectivity index (χ0v) is 28.7. The number of hydrogen-bond acceptors (Lipinski definition) is 1. The summed E-state index contributed by atoms with van der Waals surface area (Å²) < 4.78 is 0.